The second kappa shape index (κ2) is 5.62. The molecule has 0 saturated heterocycles. The van der Waals surface area contributed by atoms with E-state index in [1.165, 1.54) is 5.57 Å². The molecule has 17 heavy (non-hydrogen) atoms. The number of allylic oxidation sites excluding steroid dienone is 1. The summed E-state index contributed by atoms with van der Waals surface area (Å²) in [7, 11) is 0. The van der Waals surface area contributed by atoms with E-state index in [2.05, 4.69) is 18.0 Å². The molecule has 0 bridgehead atoms. The zero-order valence-electron chi connectivity index (χ0n) is 10.1. The molecule has 1 unspecified atom stereocenters. The van der Waals surface area contributed by atoms with Crippen LogP contribution in [0, 0.1) is 0 Å². The van der Waals surface area contributed by atoms with Crippen molar-refractivity contribution in [3.63, 3.8) is 0 Å². The lowest BCUT2D eigenvalue weighted by molar-refractivity contribution is 0.0360. The van der Waals surface area contributed by atoms with Crippen LogP contribution in [0.4, 0.5) is 0 Å². The van der Waals surface area contributed by atoms with Crippen LogP contribution in [0.1, 0.15) is 43.1 Å². The monoisotopic (exact) mass is 231 g/mol. The highest BCUT2D eigenvalue weighted by Crippen LogP contribution is 2.22. The van der Waals surface area contributed by atoms with E-state index in [0.29, 0.717) is 5.69 Å². The number of pyridine rings is 1. The lowest BCUT2D eigenvalue weighted by atomic mass is 9.96. The van der Waals surface area contributed by atoms with Gasteiger partial charge in [0.1, 0.15) is 11.8 Å². The minimum Gasteiger partial charge on any atom is -0.453 e. The van der Waals surface area contributed by atoms with Crippen LogP contribution >= 0.6 is 0 Å². The minimum absolute atomic E-state index is 0.0757. The van der Waals surface area contributed by atoms with Gasteiger partial charge in [-0.3, -0.25) is 0 Å². The van der Waals surface area contributed by atoms with Crippen molar-refractivity contribution < 1.29 is 9.53 Å². The van der Waals surface area contributed by atoms with E-state index >= 15 is 0 Å². The summed E-state index contributed by atoms with van der Waals surface area (Å²) in [6, 6.07) is 5.25. The van der Waals surface area contributed by atoms with Gasteiger partial charge in [0.05, 0.1) is 0 Å². The van der Waals surface area contributed by atoms with Gasteiger partial charge in [-0.15, -0.1) is 0 Å². The topological polar surface area (TPSA) is 39.2 Å². The molecule has 2 rings (SSSR count). The summed E-state index contributed by atoms with van der Waals surface area (Å²) >= 11 is 0. The maximum atomic E-state index is 11.8. The van der Waals surface area contributed by atoms with Crippen molar-refractivity contribution in [2.45, 2.75) is 38.7 Å². The highest BCUT2D eigenvalue weighted by atomic mass is 16.5. The van der Waals surface area contributed by atoms with Gasteiger partial charge in [-0.05, 0) is 43.9 Å². The van der Waals surface area contributed by atoms with Gasteiger partial charge in [-0.1, -0.05) is 18.6 Å². The van der Waals surface area contributed by atoms with Crippen molar-refractivity contribution in [3.05, 3.63) is 41.7 Å². The zero-order valence-corrected chi connectivity index (χ0v) is 10.1. The van der Waals surface area contributed by atoms with Gasteiger partial charge in [0.2, 0.25) is 0 Å². The summed E-state index contributed by atoms with van der Waals surface area (Å²) in [6.45, 7) is 2.13. The number of rotatable bonds is 3. The predicted octanol–water partition coefficient (Wildman–Crippen LogP) is 3.13. The Bertz CT molecular complexity index is 411. The van der Waals surface area contributed by atoms with Gasteiger partial charge in [0.25, 0.3) is 0 Å². The van der Waals surface area contributed by atoms with E-state index in [4.69, 9.17) is 4.74 Å². The van der Waals surface area contributed by atoms with Gasteiger partial charge < -0.3 is 4.74 Å². The van der Waals surface area contributed by atoms with Crippen molar-refractivity contribution in [2.75, 3.05) is 0 Å². The molecule has 1 aliphatic carbocycles. The molecule has 3 heteroatoms. The molecule has 3 nitrogen and oxygen atoms in total. The summed E-state index contributed by atoms with van der Waals surface area (Å²) < 4.78 is 5.43. The van der Waals surface area contributed by atoms with Crippen LogP contribution in [0.5, 0.6) is 0 Å². The predicted molar refractivity (Wildman–Crippen MR) is 65.7 cm³/mol. The lowest BCUT2D eigenvalue weighted by Gasteiger charge is -2.20. The molecule has 1 aromatic heterocycles. The highest BCUT2D eigenvalue weighted by Gasteiger charge is 2.18. The molecule has 0 aliphatic heterocycles. The molecule has 90 valence electrons. The summed E-state index contributed by atoms with van der Waals surface area (Å²) in [5, 5.41) is 0. The van der Waals surface area contributed by atoms with Crippen molar-refractivity contribution >= 4 is 5.97 Å². The second-order valence-corrected chi connectivity index (χ2v) is 4.23. The third kappa shape index (κ3) is 3.16. The van der Waals surface area contributed by atoms with E-state index in [9.17, 15) is 4.79 Å². The molecule has 1 atom stereocenters. The number of esters is 1. The van der Waals surface area contributed by atoms with E-state index in [0.717, 1.165) is 25.7 Å². The minimum atomic E-state index is -0.329. The number of hydrogen-bond donors (Lipinski definition) is 0. The third-order valence-corrected chi connectivity index (χ3v) is 2.99. The molecule has 0 amide bonds. The molecule has 0 spiro atoms. The Balaban J connectivity index is 2.00. The number of carbonyl (C=O) groups is 1. The smallest absolute Gasteiger partial charge is 0.357 e. The highest BCUT2D eigenvalue weighted by molar-refractivity contribution is 5.87. The second-order valence-electron chi connectivity index (χ2n) is 4.23. The first-order valence-electron chi connectivity index (χ1n) is 6.11. The van der Waals surface area contributed by atoms with Crippen LogP contribution in [0.15, 0.2) is 36.0 Å². The summed E-state index contributed by atoms with van der Waals surface area (Å²) in [5.74, 6) is -0.329. The molecule has 0 radical (unpaired) electrons. The van der Waals surface area contributed by atoms with Crippen LogP contribution < -0.4 is 0 Å². The average molecular weight is 231 g/mol. The van der Waals surface area contributed by atoms with Crippen LogP contribution in [0.2, 0.25) is 0 Å². The Labute approximate surface area is 102 Å². The summed E-state index contributed by atoms with van der Waals surface area (Å²) in [4.78, 5) is 15.8. The zero-order chi connectivity index (χ0) is 12.1. The van der Waals surface area contributed by atoms with Crippen molar-refractivity contribution in [1.29, 1.82) is 0 Å². The average Bonchev–Trinajstić information content (AvgIpc) is 2.40. The Morgan fingerprint density at radius 2 is 2.41 bits per heavy atom. The standard InChI is InChI=1S/C14H17NO2/c1-2-11-6-5-7-12(10-11)17-14(16)13-8-3-4-9-15-13/h3-4,8-10,12H,2,5-7H2,1H3. The number of nitrogens with zero attached hydrogens (tertiary/aromatic N) is 1. The van der Waals surface area contributed by atoms with Gasteiger partial charge in [-0.2, -0.15) is 0 Å². The molecular weight excluding hydrogens is 214 g/mol. The molecule has 0 saturated carbocycles. The number of ether oxygens (including phenoxy) is 1. The fourth-order valence-electron chi connectivity index (χ4n) is 2.03. The Hall–Kier alpha value is -1.64. The summed E-state index contributed by atoms with van der Waals surface area (Å²) in [5.41, 5.74) is 1.76. The largest absolute Gasteiger partial charge is 0.453 e. The molecular formula is C14H17NO2. The third-order valence-electron chi connectivity index (χ3n) is 2.99. The molecule has 1 aromatic rings. The quantitative estimate of drug-likeness (QED) is 0.592. The van der Waals surface area contributed by atoms with Crippen LogP contribution in [0.3, 0.4) is 0 Å². The van der Waals surface area contributed by atoms with Gasteiger partial charge in [0.15, 0.2) is 0 Å². The number of hydrogen-bond acceptors (Lipinski definition) is 3. The van der Waals surface area contributed by atoms with E-state index in [1.807, 2.05) is 0 Å². The van der Waals surface area contributed by atoms with Gasteiger partial charge in [0, 0.05) is 6.20 Å². The maximum absolute atomic E-state index is 11.8. The number of aromatic nitrogens is 1. The maximum Gasteiger partial charge on any atom is 0.357 e. The molecule has 0 fully saturated rings. The van der Waals surface area contributed by atoms with Crippen LogP contribution in [0.25, 0.3) is 0 Å². The van der Waals surface area contributed by atoms with Gasteiger partial charge >= 0.3 is 5.97 Å². The van der Waals surface area contributed by atoms with Crippen LogP contribution in [-0.4, -0.2) is 17.1 Å². The first-order chi connectivity index (χ1) is 8.29. The van der Waals surface area contributed by atoms with Crippen molar-refractivity contribution in [2.24, 2.45) is 0 Å². The molecule has 1 aliphatic rings. The van der Waals surface area contributed by atoms with Crippen molar-refractivity contribution in [1.82, 2.24) is 4.98 Å². The molecule has 0 aromatic carbocycles. The van der Waals surface area contributed by atoms with Crippen LogP contribution in [-0.2, 0) is 4.74 Å². The SMILES string of the molecule is CCC1=CC(OC(=O)c2ccccn2)CCC1. The van der Waals surface area contributed by atoms with E-state index in [1.54, 1.807) is 24.4 Å². The Morgan fingerprint density at radius 3 is 3.12 bits per heavy atom. The molecule has 0 N–H and O–H groups in total. The lowest BCUT2D eigenvalue weighted by Crippen LogP contribution is -2.19. The van der Waals surface area contributed by atoms with Crippen molar-refractivity contribution in [3.8, 4) is 0 Å². The summed E-state index contributed by atoms with van der Waals surface area (Å²) in [6.07, 6.45) is 7.80. The fourth-order valence-corrected chi connectivity index (χ4v) is 2.03. The van der Waals surface area contributed by atoms with Gasteiger partial charge in [-0.25, -0.2) is 9.78 Å². The van der Waals surface area contributed by atoms with E-state index in [-0.39, 0.29) is 12.1 Å². The molecule has 1 heterocycles. The van der Waals surface area contributed by atoms with E-state index < -0.39 is 0 Å². The Kier molecular flexibility index (Phi) is 3.91. The normalized spacial score (nSPS) is 19.6. The fraction of sp³-hybridized carbons (Fsp3) is 0.429. The first kappa shape index (κ1) is 11.8. The Morgan fingerprint density at radius 1 is 1.53 bits per heavy atom. The first-order valence-corrected chi connectivity index (χ1v) is 6.11. The number of carbonyl (C=O) groups excluding carboxylic acids is 1.